The third-order valence-electron chi connectivity index (χ3n) is 5.74. The Morgan fingerprint density at radius 2 is 1.93 bits per heavy atom. The van der Waals surface area contributed by atoms with Gasteiger partial charge in [0.1, 0.15) is 5.52 Å². The summed E-state index contributed by atoms with van der Waals surface area (Å²) in [4.78, 5) is 6.90. The smallest absolute Gasteiger partial charge is 0.186 e. The number of benzene rings is 1. The summed E-state index contributed by atoms with van der Waals surface area (Å²) in [5.74, 6) is -0.290. The standard InChI is InChI=1S/C23H26FN5S/c1-13-5-6-20-14(2)7-19(27-29(20)10-13)17-8-18(24)22-21(9-17)30-23(26-22)28-11-15(3)25-16(4)12-28/h6-10,15-16,25H,5,11-12H2,1-4H3. The van der Waals surface area contributed by atoms with Gasteiger partial charge in [0.05, 0.1) is 16.1 Å². The number of aromatic nitrogens is 1. The molecule has 0 aliphatic carbocycles. The predicted molar refractivity (Wildman–Crippen MR) is 122 cm³/mol. The number of thiazole rings is 1. The van der Waals surface area contributed by atoms with E-state index in [1.807, 2.05) is 17.2 Å². The molecule has 0 spiro atoms. The minimum atomic E-state index is -0.290. The second kappa shape index (κ2) is 7.32. The normalized spacial score (nSPS) is 24.3. The molecule has 1 aromatic carbocycles. The highest BCUT2D eigenvalue weighted by Gasteiger charge is 2.25. The van der Waals surface area contributed by atoms with Crippen LogP contribution in [0.1, 0.15) is 39.7 Å². The first-order valence-electron chi connectivity index (χ1n) is 10.4. The van der Waals surface area contributed by atoms with Gasteiger partial charge in [-0.2, -0.15) is 5.10 Å². The summed E-state index contributed by atoms with van der Waals surface area (Å²) < 4.78 is 15.9. The van der Waals surface area contributed by atoms with Gasteiger partial charge in [-0.25, -0.2) is 14.4 Å². The van der Waals surface area contributed by atoms with Crippen molar-refractivity contribution in [1.29, 1.82) is 0 Å². The maximum absolute atomic E-state index is 15.0. The quantitative estimate of drug-likeness (QED) is 0.755. The van der Waals surface area contributed by atoms with Gasteiger partial charge in [-0.3, -0.25) is 0 Å². The van der Waals surface area contributed by atoms with E-state index in [-0.39, 0.29) is 5.82 Å². The molecule has 156 valence electrons. The highest BCUT2D eigenvalue weighted by atomic mass is 32.1. The number of anilines is 1. The maximum atomic E-state index is 15.0. The lowest BCUT2D eigenvalue weighted by atomic mass is 10.0. The van der Waals surface area contributed by atoms with Crippen LogP contribution in [0.4, 0.5) is 9.52 Å². The predicted octanol–water partition coefficient (Wildman–Crippen LogP) is 4.78. The number of hydrazone groups is 1. The average molecular weight is 424 g/mol. The Kier molecular flexibility index (Phi) is 4.75. The summed E-state index contributed by atoms with van der Waals surface area (Å²) in [7, 11) is 0. The van der Waals surface area contributed by atoms with Gasteiger partial charge < -0.3 is 10.2 Å². The number of rotatable bonds is 2. The summed E-state index contributed by atoms with van der Waals surface area (Å²) in [5, 5.41) is 11.1. The van der Waals surface area contributed by atoms with Crippen LogP contribution in [0, 0.1) is 5.82 Å². The molecule has 5 nitrogen and oxygen atoms in total. The molecule has 1 saturated heterocycles. The Labute approximate surface area is 180 Å². The second-order valence-electron chi connectivity index (χ2n) is 8.60. The van der Waals surface area contributed by atoms with E-state index in [2.05, 4.69) is 55.2 Å². The molecule has 3 aliphatic rings. The van der Waals surface area contributed by atoms with Crippen LogP contribution in [0.15, 0.2) is 52.4 Å². The fourth-order valence-corrected chi connectivity index (χ4v) is 5.45. The fraction of sp³-hybridized carbons (Fsp3) is 0.391. The molecular weight excluding hydrogens is 397 g/mol. The zero-order valence-corrected chi connectivity index (χ0v) is 18.6. The third kappa shape index (κ3) is 3.46. The van der Waals surface area contributed by atoms with Crippen LogP contribution in [0.25, 0.3) is 10.2 Å². The van der Waals surface area contributed by atoms with Crippen molar-refractivity contribution in [3.8, 4) is 0 Å². The van der Waals surface area contributed by atoms with Gasteiger partial charge in [-0.05, 0) is 57.9 Å². The van der Waals surface area contributed by atoms with E-state index < -0.39 is 0 Å². The van der Waals surface area contributed by atoms with E-state index in [0.717, 1.165) is 51.9 Å². The Morgan fingerprint density at radius 1 is 1.17 bits per heavy atom. The molecule has 0 radical (unpaired) electrons. The summed E-state index contributed by atoms with van der Waals surface area (Å²) in [6.45, 7) is 10.3. The topological polar surface area (TPSA) is 43.8 Å². The van der Waals surface area contributed by atoms with Gasteiger partial charge in [-0.15, -0.1) is 0 Å². The minimum Gasteiger partial charge on any atom is -0.345 e. The van der Waals surface area contributed by atoms with E-state index >= 15 is 4.39 Å². The highest BCUT2D eigenvalue weighted by molar-refractivity contribution is 7.22. The highest BCUT2D eigenvalue weighted by Crippen LogP contribution is 2.34. The number of fused-ring (bicyclic) bond motifs is 2. The second-order valence-corrected chi connectivity index (χ2v) is 9.61. The van der Waals surface area contributed by atoms with E-state index in [0.29, 0.717) is 17.6 Å². The van der Waals surface area contributed by atoms with E-state index in [4.69, 9.17) is 5.10 Å². The average Bonchev–Trinajstić information content (AvgIpc) is 3.12. The summed E-state index contributed by atoms with van der Waals surface area (Å²) in [6, 6.07) is 4.35. The summed E-state index contributed by atoms with van der Waals surface area (Å²) in [5.41, 5.74) is 5.50. The van der Waals surface area contributed by atoms with Gasteiger partial charge >= 0.3 is 0 Å². The number of hydrogen-bond acceptors (Lipinski definition) is 6. The Hall–Kier alpha value is -2.51. The summed E-state index contributed by atoms with van der Waals surface area (Å²) >= 11 is 1.56. The van der Waals surface area contributed by atoms with Gasteiger partial charge in [-0.1, -0.05) is 23.0 Å². The zero-order valence-electron chi connectivity index (χ0n) is 17.7. The lowest BCUT2D eigenvalue weighted by Gasteiger charge is -2.35. The molecule has 7 heteroatoms. The number of halogens is 1. The van der Waals surface area contributed by atoms with Crippen LogP contribution in [0.5, 0.6) is 0 Å². The van der Waals surface area contributed by atoms with Crippen molar-refractivity contribution < 1.29 is 4.39 Å². The molecular formula is C23H26FN5S. The van der Waals surface area contributed by atoms with Crippen LogP contribution >= 0.6 is 11.3 Å². The van der Waals surface area contributed by atoms with Gasteiger partial charge in [0.15, 0.2) is 10.9 Å². The molecule has 1 fully saturated rings. The van der Waals surface area contributed by atoms with Crippen molar-refractivity contribution in [2.75, 3.05) is 18.0 Å². The first-order valence-corrected chi connectivity index (χ1v) is 11.2. The summed E-state index contributed by atoms with van der Waals surface area (Å²) in [6.07, 6.45) is 7.22. The molecule has 4 heterocycles. The largest absolute Gasteiger partial charge is 0.345 e. The van der Waals surface area contributed by atoms with E-state index in [1.165, 1.54) is 5.57 Å². The number of hydrogen-bond donors (Lipinski definition) is 1. The van der Waals surface area contributed by atoms with Crippen molar-refractivity contribution in [2.24, 2.45) is 5.10 Å². The zero-order chi connectivity index (χ0) is 21.0. The minimum absolute atomic E-state index is 0.290. The first kappa shape index (κ1) is 19.5. The van der Waals surface area contributed by atoms with Crippen molar-refractivity contribution in [2.45, 2.75) is 46.2 Å². The molecule has 1 aromatic heterocycles. The number of nitrogens with zero attached hydrogens (tertiary/aromatic N) is 4. The molecule has 0 amide bonds. The molecule has 2 unspecified atom stereocenters. The number of nitrogens with one attached hydrogen (secondary N) is 1. The number of piperazine rings is 1. The lowest BCUT2D eigenvalue weighted by Crippen LogP contribution is -2.54. The molecule has 0 bridgehead atoms. The van der Waals surface area contributed by atoms with Crippen LogP contribution < -0.4 is 10.2 Å². The molecule has 5 rings (SSSR count). The Balaban J connectivity index is 1.52. The lowest BCUT2D eigenvalue weighted by molar-refractivity contribution is 0.407. The van der Waals surface area contributed by atoms with Gasteiger partial charge in [0, 0.05) is 36.9 Å². The molecule has 1 N–H and O–H groups in total. The maximum Gasteiger partial charge on any atom is 0.186 e. The van der Waals surface area contributed by atoms with E-state index in [1.54, 1.807) is 17.4 Å². The molecule has 30 heavy (non-hydrogen) atoms. The molecule has 3 aliphatic heterocycles. The van der Waals surface area contributed by atoms with Crippen LogP contribution in [-0.2, 0) is 0 Å². The molecule has 2 atom stereocenters. The van der Waals surface area contributed by atoms with Crippen molar-refractivity contribution in [3.05, 3.63) is 58.7 Å². The van der Waals surface area contributed by atoms with Gasteiger partial charge in [0.25, 0.3) is 0 Å². The number of allylic oxidation sites excluding steroid dienone is 4. The van der Waals surface area contributed by atoms with Gasteiger partial charge in [0.2, 0.25) is 0 Å². The Bertz CT molecular complexity index is 1130. The van der Waals surface area contributed by atoms with Crippen LogP contribution in [0.3, 0.4) is 0 Å². The third-order valence-corrected chi connectivity index (χ3v) is 6.80. The van der Waals surface area contributed by atoms with Crippen LogP contribution in [-0.4, -0.2) is 40.9 Å². The Morgan fingerprint density at radius 3 is 2.70 bits per heavy atom. The fourth-order valence-electron chi connectivity index (χ4n) is 4.41. The first-order chi connectivity index (χ1) is 14.4. The monoisotopic (exact) mass is 423 g/mol. The van der Waals surface area contributed by atoms with Crippen molar-refractivity contribution in [3.63, 3.8) is 0 Å². The van der Waals surface area contributed by atoms with Crippen LogP contribution in [0.2, 0.25) is 0 Å². The SMILES string of the molecule is CC1=CN2N=C(c3cc(F)c4nc(N5CC(C)NC(C)C5)sc4c3)C=C(C)C2=CC1. The van der Waals surface area contributed by atoms with Crippen molar-refractivity contribution in [1.82, 2.24) is 15.3 Å². The van der Waals surface area contributed by atoms with E-state index in [9.17, 15) is 0 Å². The molecule has 0 saturated carbocycles. The molecule has 2 aromatic rings. The van der Waals surface area contributed by atoms with Crippen molar-refractivity contribution >= 4 is 32.4 Å².